The Bertz CT molecular complexity index is 1160. The lowest BCUT2D eigenvalue weighted by molar-refractivity contribution is -0.123. The van der Waals surface area contributed by atoms with Crippen molar-refractivity contribution >= 4 is 29.2 Å². The van der Waals surface area contributed by atoms with E-state index in [4.69, 9.17) is 18.6 Å². The molecule has 2 aromatic carbocycles. The number of hydrogen-bond donors (Lipinski definition) is 2. The highest BCUT2D eigenvalue weighted by Crippen LogP contribution is 2.29. The summed E-state index contributed by atoms with van der Waals surface area (Å²) in [6, 6.07) is 12.7. The van der Waals surface area contributed by atoms with Crippen molar-refractivity contribution in [3.8, 4) is 11.5 Å². The lowest BCUT2D eigenvalue weighted by atomic mass is 10.1. The van der Waals surface area contributed by atoms with E-state index in [1.165, 1.54) is 39.5 Å². The van der Waals surface area contributed by atoms with Gasteiger partial charge in [-0.2, -0.15) is 0 Å². The topological polar surface area (TPSA) is 116 Å². The van der Waals surface area contributed by atoms with Crippen LogP contribution in [0.1, 0.15) is 33.4 Å². The van der Waals surface area contributed by atoms with Crippen LogP contribution in [0.5, 0.6) is 11.5 Å². The fourth-order valence-electron chi connectivity index (χ4n) is 2.92. The summed E-state index contributed by atoms with van der Waals surface area (Å²) in [5.74, 6) is -0.570. The second-order valence-corrected chi connectivity index (χ2v) is 7.07. The van der Waals surface area contributed by atoms with Gasteiger partial charge in [0.1, 0.15) is 0 Å². The van der Waals surface area contributed by atoms with Gasteiger partial charge in [-0.25, -0.2) is 4.79 Å². The van der Waals surface area contributed by atoms with Crippen LogP contribution in [0, 0.1) is 6.92 Å². The number of carbonyl (C=O) groups excluding carboxylic acids is 3. The van der Waals surface area contributed by atoms with E-state index in [9.17, 15) is 14.4 Å². The fraction of sp³-hybridized carbons (Fsp3) is 0.208. The number of furan rings is 1. The maximum absolute atomic E-state index is 12.6. The van der Waals surface area contributed by atoms with Crippen LogP contribution in [0.15, 0.2) is 59.2 Å². The molecule has 0 saturated heterocycles. The first kappa shape index (κ1) is 23.4. The van der Waals surface area contributed by atoms with E-state index in [0.29, 0.717) is 22.9 Å². The maximum Gasteiger partial charge on any atom is 0.338 e. The van der Waals surface area contributed by atoms with E-state index in [0.717, 1.165) is 5.56 Å². The lowest BCUT2D eigenvalue weighted by Crippen LogP contribution is -2.30. The van der Waals surface area contributed by atoms with Crippen molar-refractivity contribution in [3.05, 3.63) is 71.7 Å². The van der Waals surface area contributed by atoms with Crippen LogP contribution in [0.4, 0.5) is 11.4 Å². The van der Waals surface area contributed by atoms with Crippen molar-refractivity contribution in [1.82, 2.24) is 0 Å². The highest BCUT2D eigenvalue weighted by molar-refractivity contribution is 6.03. The number of aryl methyl sites for hydroxylation is 1. The van der Waals surface area contributed by atoms with Gasteiger partial charge in [-0.05, 0) is 55.8 Å². The van der Waals surface area contributed by atoms with Gasteiger partial charge in [0.25, 0.3) is 11.8 Å². The minimum Gasteiger partial charge on any atom is -0.493 e. The zero-order chi connectivity index (χ0) is 24.0. The summed E-state index contributed by atoms with van der Waals surface area (Å²) in [5, 5.41) is 5.36. The predicted molar refractivity (Wildman–Crippen MR) is 121 cm³/mol. The van der Waals surface area contributed by atoms with E-state index in [2.05, 4.69) is 10.6 Å². The summed E-state index contributed by atoms with van der Waals surface area (Å²) < 4.78 is 20.8. The van der Waals surface area contributed by atoms with Crippen LogP contribution in [-0.2, 0) is 9.53 Å². The molecule has 2 N–H and O–H groups in total. The third kappa shape index (κ3) is 5.70. The number of hydrogen-bond acceptors (Lipinski definition) is 7. The van der Waals surface area contributed by atoms with Gasteiger partial charge >= 0.3 is 5.97 Å². The molecule has 0 bridgehead atoms. The van der Waals surface area contributed by atoms with Crippen molar-refractivity contribution < 1.29 is 33.0 Å². The Hall–Kier alpha value is -4.27. The summed E-state index contributed by atoms with van der Waals surface area (Å²) in [4.78, 5) is 37.4. The number of nitrogens with one attached hydrogen (secondary N) is 2. The van der Waals surface area contributed by atoms with Crippen LogP contribution in [0.25, 0.3) is 0 Å². The Morgan fingerprint density at radius 3 is 2.36 bits per heavy atom. The minimum absolute atomic E-state index is 0.142. The molecule has 0 spiro atoms. The molecule has 0 aliphatic carbocycles. The van der Waals surface area contributed by atoms with Crippen molar-refractivity contribution in [2.75, 3.05) is 24.9 Å². The second kappa shape index (κ2) is 10.4. The molecule has 0 saturated carbocycles. The molecular formula is C24H24N2O7. The molecule has 9 heteroatoms. The molecule has 3 rings (SSSR count). The van der Waals surface area contributed by atoms with Gasteiger partial charge in [0.05, 0.1) is 26.0 Å². The standard InChI is InChI=1S/C24H24N2O7/c1-14-7-8-16(12-18(14)26-23(28)20-6-5-11-32-20)24(29)33-15(2)22(27)25-17-9-10-19(30-3)21(13-17)31-4/h5-13,15H,1-4H3,(H,25,27)(H,26,28). The van der Waals surface area contributed by atoms with Gasteiger partial charge in [0, 0.05) is 17.4 Å². The number of methoxy groups -OCH3 is 2. The molecule has 3 aromatic rings. The summed E-state index contributed by atoms with van der Waals surface area (Å²) in [5.41, 5.74) is 1.80. The lowest BCUT2D eigenvalue weighted by Gasteiger charge is -2.15. The SMILES string of the molecule is COc1ccc(NC(=O)C(C)OC(=O)c2ccc(C)c(NC(=O)c3ccco3)c2)cc1OC. The molecular weight excluding hydrogens is 428 g/mol. The quantitative estimate of drug-likeness (QED) is 0.496. The average molecular weight is 452 g/mol. The molecule has 2 amide bonds. The number of benzene rings is 2. The van der Waals surface area contributed by atoms with Crippen molar-refractivity contribution in [3.63, 3.8) is 0 Å². The number of amides is 2. The van der Waals surface area contributed by atoms with Crippen LogP contribution in [0.3, 0.4) is 0 Å². The van der Waals surface area contributed by atoms with Crippen molar-refractivity contribution in [2.24, 2.45) is 0 Å². The second-order valence-electron chi connectivity index (χ2n) is 7.07. The van der Waals surface area contributed by atoms with Gasteiger partial charge in [0.2, 0.25) is 0 Å². The van der Waals surface area contributed by atoms with E-state index in [-0.39, 0.29) is 11.3 Å². The van der Waals surface area contributed by atoms with Gasteiger partial charge < -0.3 is 29.3 Å². The van der Waals surface area contributed by atoms with Gasteiger partial charge in [-0.1, -0.05) is 6.07 Å². The molecule has 1 heterocycles. The summed E-state index contributed by atoms with van der Waals surface area (Å²) in [6.45, 7) is 3.24. The molecule has 172 valence electrons. The Balaban J connectivity index is 1.65. The number of ether oxygens (including phenoxy) is 3. The molecule has 9 nitrogen and oxygen atoms in total. The van der Waals surface area contributed by atoms with Crippen LogP contribution < -0.4 is 20.1 Å². The Kier molecular flexibility index (Phi) is 7.34. The molecule has 0 radical (unpaired) electrons. The highest BCUT2D eigenvalue weighted by atomic mass is 16.5. The number of anilines is 2. The number of carbonyl (C=O) groups is 3. The largest absolute Gasteiger partial charge is 0.493 e. The van der Waals surface area contributed by atoms with E-state index in [1.54, 1.807) is 43.3 Å². The first-order valence-corrected chi connectivity index (χ1v) is 10.0. The Labute approximate surface area is 190 Å². The van der Waals surface area contributed by atoms with E-state index in [1.807, 2.05) is 0 Å². The monoisotopic (exact) mass is 452 g/mol. The Morgan fingerprint density at radius 2 is 1.70 bits per heavy atom. The summed E-state index contributed by atoms with van der Waals surface area (Å²) >= 11 is 0. The third-order valence-electron chi connectivity index (χ3n) is 4.77. The zero-order valence-electron chi connectivity index (χ0n) is 18.6. The zero-order valence-corrected chi connectivity index (χ0v) is 18.6. The first-order chi connectivity index (χ1) is 15.8. The summed E-state index contributed by atoms with van der Waals surface area (Å²) in [7, 11) is 3.00. The first-order valence-electron chi connectivity index (χ1n) is 10.0. The predicted octanol–water partition coefficient (Wildman–Crippen LogP) is 4.04. The van der Waals surface area contributed by atoms with Gasteiger partial charge in [-0.15, -0.1) is 0 Å². The maximum atomic E-state index is 12.6. The van der Waals surface area contributed by atoms with Crippen LogP contribution in [0.2, 0.25) is 0 Å². The normalized spacial score (nSPS) is 11.3. The number of esters is 1. The minimum atomic E-state index is -1.08. The molecule has 1 atom stereocenters. The molecule has 0 aliphatic heterocycles. The van der Waals surface area contributed by atoms with E-state index >= 15 is 0 Å². The van der Waals surface area contributed by atoms with Gasteiger partial charge in [-0.3, -0.25) is 9.59 Å². The number of rotatable bonds is 8. The average Bonchev–Trinajstić information content (AvgIpc) is 3.35. The molecule has 33 heavy (non-hydrogen) atoms. The highest BCUT2D eigenvalue weighted by Gasteiger charge is 2.21. The summed E-state index contributed by atoms with van der Waals surface area (Å²) in [6.07, 6.45) is 0.317. The smallest absolute Gasteiger partial charge is 0.338 e. The third-order valence-corrected chi connectivity index (χ3v) is 4.77. The molecule has 0 fully saturated rings. The molecule has 1 unspecified atom stereocenters. The van der Waals surface area contributed by atoms with Crippen LogP contribution in [-0.4, -0.2) is 38.1 Å². The van der Waals surface area contributed by atoms with Crippen molar-refractivity contribution in [2.45, 2.75) is 20.0 Å². The van der Waals surface area contributed by atoms with Crippen molar-refractivity contribution in [1.29, 1.82) is 0 Å². The van der Waals surface area contributed by atoms with Crippen LogP contribution >= 0.6 is 0 Å². The van der Waals surface area contributed by atoms with Gasteiger partial charge in [0.15, 0.2) is 23.4 Å². The Morgan fingerprint density at radius 1 is 0.939 bits per heavy atom. The molecule has 0 aliphatic rings. The van der Waals surface area contributed by atoms with E-state index < -0.39 is 23.9 Å². The fourth-order valence-corrected chi connectivity index (χ4v) is 2.92. The molecule has 1 aromatic heterocycles.